The number of benzene rings is 2. The van der Waals surface area contributed by atoms with Crippen LogP contribution < -0.4 is 21.1 Å². The lowest BCUT2D eigenvalue weighted by molar-refractivity contribution is -0.115. The van der Waals surface area contributed by atoms with E-state index >= 15 is 0 Å². The van der Waals surface area contributed by atoms with Crippen LogP contribution in [0.4, 0.5) is 17.1 Å². The molecule has 0 radical (unpaired) electrons. The summed E-state index contributed by atoms with van der Waals surface area (Å²) in [6.07, 6.45) is 0.399. The van der Waals surface area contributed by atoms with Gasteiger partial charge in [-0.15, -0.1) is 0 Å². The van der Waals surface area contributed by atoms with Gasteiger partial charge in [0.2, 0.25) is 5.91 Å². The molecule has 0 spiro atoms. The Morgan fingerprint density at radius 1 is 1.33 bits per heavy atom. The molecule has 3 rings (SSSR count). The summed E-state index contributed by atoms with van der Waals surface area (Å²) in [5.41, 5.74) is 10.4. The monoisotopic (exact) mass is 283 g/mol. The molecule has 5 nitrogen and oxygen atoms in total. The van der Waals surface area contributed by atoms with E-state index in [2.05, 4.69) is 10.6 Å². The Balaban J connectivity index is 1.76. The number of methoxy groups -OCH3 is 1. The van der Waals surface area contributed by atoms with Gasteiger partial charge >= 0.3 is 0 Å². The number of hydrogen-bond acceptors (Lipinski definition) is 4. The van der Waals surface area contributed by atoms with Gasteiger partial charge in [0.15, 0.2) is 0 Å². The van der Waals surface area contributed by atoms with E-state index in [-0.39, 0.29) is 5.91 Å². The number of carbonyl (C=O) groups is 1. The van der Waals surface area contributed by atoms with Gasteiger partial charge in [-0.3, -0.25) is 4.79 Å². The molecule has 0 fully saturated rings. The minimum absolute atomic E-state index is 0.00865. The van der Waals surface area contributed by atoms with Gasteiger partial charge in [-0.05, 0) is 35.4 Å². The van der Waals surface area contributed by atoms with Gasteiger partial charge in [0.25, 0.3) is 0 Å². The van der Waals surface area contributed by atoms with Gasteiger partial charge in [-0.1, -0.05) is 12.1 Å². The van der Waals surface area contributed by atoms with E-state index in [1.807, 2.05) is 36.4 Å². The first kappa shape index (κ1) is 13.3. The molecule has 0 aliphatic carbocycles. The zero-order valence-electron chi connectivity index (χ0n) is 11.8. The van der Waals surface area contributed by atoms with E-state index in [0.29, 0.717) is 18.7 Å². The van der Waals surface area contributed by atoms with Gasteiger partial charge in [0, 0.05) is 12.2 Å². The number of carbonyl (C=O) groups excluding carboxylic acids is 1. The highest BCUT2D eigenvalue weighted by Gasteiger charge is 2.19. The van der Waals surface area contributed by atoms with E-state index in [1.165, 1.54) is 0 Å². The zero-order chi connectivity index (χ0) is 14.8. The molecular formula is C16H17N3O2. The molecule has 0 aromatic heterocycles. The van der Waals surface area contributed by atoms with Crippen LogP contribution >= 0.6 is 0 Å². The number of nitrogens with one attached hydrogen (secondary N) is 2. The Bertz CT molecular complexity index is 698. The number of amides is 1. The van der Waals surface area contributed by atoms with E-state index in [0.717, 1.165) is 28.3 Å². The van der Waals surface area contributed by atoms with Crippen LogP contribution in [-0.4, -0.2) is 13.0 Å². The molecule has 5 heteroatoms. The molecule has 0 saturated carbocycles. The minimum Gasteiger partial charge on any atom is -0.497 e. The minimum atomic E-state index is 0.00865. The van der Waals surface area contributed by atoms with Gasteiger partial charge < -0.3 is 21.1 Å². The number of rotatable bonds is 4. The summed E-state index contributed by atoms with van der Waals surface area (Å²) in [6.45, 7) is 0.633. The number of nitrogens with two attached hydrogens (primary N) is 1. The lowest BCUT2D eigenvalue weighted by Gasteiger charge is -2.12. The third-order valence-electron chi connectivity index (χ3n) is 3.52. The Morgan fingerprint density at radius 3 is 3.00 bits per heavy atom. The van der Waals surface area contributed by atoms with Crippen molar-refractivity contribution in [3.8, 4) is 5.75 Å². The van der Waals surface area contributed by atoms with Crippen molar-refractivity contribution in [3.05, 3.63) is 47.5 Å². The van der Waals surface area contributed by atoms with E-state index in [4.69, 9.17) is 10.5 Å². The van der Waals surface area contributed by atoms with Crippen molar-refractivity contribution < 1.29 is 9.53 Å². The summed E-state index contributed by atoms with van der Waals surface area (Å²) in [4.78, 5) is 11.4. The topological polar surface area (TPSA) is 76.4 Å². The predicted molar refractivity (Wildman–Crippen MR) is 83.5 cm³/mol. The van der Waals surface area contributed by atoms with Crippen molar-refractivity contribution in [1.29, 1.82) is 0 Å². The third-order valence-corrected chi connectivity index (χ3v) is 3.52. The van der Waals surface area contributed by atoms with Crippen LogP contribution in [0.15, 0.2) is 36.4 Å². The highest BCUT2D eigenvalue weighted by molar-refractivity contribution is 6.00. The number of hydrogen-bond donors (Lipinski definition) is 3. The molecule has 1 heterocycles. The van der Waals surface area contributed by atoms with Gasteiger partial charge in [0.1, 0.15) is 5.75 Å². The third kappa shape index (κ3) is 2.76. The number of ether oxygens (including phenoxy) is 1. The van der Waals surface area contributed by atoms with Crippen LogP contribution in [0.5, 0.6) is 5.75 Å². The van der Waals surface area contributed by atoms with Crippen molar-refractivity contribution in [2.24, 2.45) is 0 Å². The maximum absolute atomic E-state index is 11.4. The highest BCUT2D eigenvalue weighted by atomic mass is 16.5. The summed E-state index contributed by atoms with van der Waals surface area (Å²) in [6, 6.07) is 11.6. The fraction of sp³-hybridized carbons (Fsp3) is 0.188. The van der Waals surface area contributed by atoms with Crippen molar-refractivity contribution in [3.63, 3.8) is 0 Å². The molecule has 0 unspecified atom stereocenters. The van der Waals surface area contributed by atoms with Crippen LogP contribution in [0.25, 0.3) is 0 Å². The molecule has 2 aromatic carbocycles. The first-order valence-electron chi connectivity index (χ1n) is 6.75. The SMILES string of the molecule is COc1cccc(CNc2cc3c(cc2N)CC(=O)N3)c1. The summed E-state index contributed by atoms with van der Waals surface area (Å²) < 4.78 is 5.20. The average molecular weight is 283 g/mol. The molecular weight excluding hydrogens is 266 g/mol. The second-order valence-corrected chi connectivity index (χ2v) is 5.03. The molecule has 1 amide bonds. The van der Waals surface area contributed by atoms with E-state index in [1.54, 1.807) is 7.11 Å². The van der Waals surface area contributed by atoms with Crippen LogP contribution in [0.2, 0.25) is 0 Å². The molecule has 1 aliphatic rings. The summed E-state index contributed by atoms with van der Waals surface area (Å²) in [5.74, 6) is 0.831. The molecule has 4 N–H and O–H groups in total. The first-order chi connectivity index (χ1) is 10.2. The summed E-state index contributed by atoms with van der Waals surface area (Å²) >= 11 is 0. The fourth-order valence-corrected chi connectivity index (χ4v) is 2.43. The van der Waals surface area contributed by atoms with Gasteiger partial charge in [0.05, 0.1) is 24.9 Å². The predicted octanol–water partition coefficient (Wildman–Crippen LogP) is 2.38. The number of nitrogen functional groups attached to an aromatic ring is 1. The second-order valence-electron chi connectivity index (χ2n) is 5.03. The zero-order valence-corrected chi connectivity index (χ0v) is 11.8. The Labute approximate surface area is 123 Å². The lowest BCUT2D eigenvalue weighted by atomic mass is 10.1. The van der Waals surface area contributed by atoms with Crippen LogP contribution in [0.1, 0.15) is 11.1 Å². The number of anilines is 3. The molecule has 1 aliphatic heterocycles. The molecule has 2 aromatic rings. The smallest absolute Gasteiger partial charge is 0.228 e. The quantitative estimate of drug-likeness (QED) is 0.753. The van der Waals surface area contributed by atoms with E-state index < -0.39 is 0 Å². The maximum atomic E-state index is 11.4. The molecule has 0 saturated heterocycles. The first-order valence-corrected chi connectivity index (χ1v) is 6.75. The molecule has 108 valence electrons. The van der Waals surface area contributed by atoms with Crippen molar-refractivity contribution in [2.45, 2.75) is 13.0 Å². The Hall–Kier alpha value is -2.69. The van der Waals surface area contributed by atoms with Crippen LogP contribution in [-0.2, 0) is 17.8 Å². The Kier molecular flexibility index (Phi) is 3.39. The standard InChI is InChI=1S/C16H17N3O2/c1-21-12-4-2-3-10(5-12)9-18-15-8-14-11(6-13(15)17)7-16(20)19-14/h2-6,8,18H,7,9,17H2,1H3,(H,19,20). The fourth-order valence-electron chi connectivity index (χ4n) is 2.43. The van der Waals surface area contributed by atoms with Crippen molar-refractivity contribution in [2.75, 3.05) is 23.5 Å². The largest absolute Gasteiger partial charge is 0.497 e. The Morgan fingerprint density at radius 2 is 2.19 bits per heavy atom. The van der Waals surface area contributed by atoms with Crippen molar-refractivity contribution >= 4 is 23.0 Å². The van der Waals surface area contributed by atoms with Gasteiger partial charge in [-0.25, -0.2) is 0 Å². The summed E-state index contributed by atoms with van der Waals surface area (Å²) in [5, 5.41) is 6.12. The lowest BCUT2D eigenvalue weighted by Crippen LogP contribution is -2.04. The number of fused-ring (bicyclic) bond motifs is 1. The van der Waals surface area contributed by atoms with E-state index in [9.17, 15) is 4.79 Å². The van der Waals surface area contributed by atoms with Crippen molar-refractivity contribution in [1.82, 2.24) is 0 Å². The van der Waals surface area contributed by atoms with Crippen LogP contribution in [0, 0.1) is 0 Å². The normalized spacial score (nSPS) is 12.7. The molecule has 21 heavy (non-hydrogen) atoms. The average Bonchev–Trinajstić information content (AvgIpc) is 2.84. The molecule has 0 atom stereocenters. The van der Waals surface area contributed by atoms with Gasteiger partial charge in [-0.2, -0.15) is 0 Å². The second kappa shape index (κ2) is 5.36. The highest BCUT2D eigenvalue weighted by Crippen LogP contribution is 2.31. The molecule has 0 bridgehead atoms. The van der Waals surface area contributed by atoms with Crippen LogP contribution in [0.3, 0.4) is 0 Å². The summed E-state index contributed by atoms with van der Waals surface area (Å²) in [7, 11) is 1.65. The maximum Gasteiger partial charge on any atom is 0.228 e.